The van der Waals surface area contributed by atoms with Crippen LogP contribution in [0.4, 0.5) is 0 Å². The van der Waals surface area contributed by atoms with Crippen molar-refractivity contribution in [2.75, 3.05) is 13.1 Å². The minimum absolute atomic E-state index is 0.0200. The van der Waals surface area contributed by atoms with Gasteiger partial charge in [0.1, 0.15) is 0 Å². The van der Waals surface area contributed by atoms with Crippen molar-refractivity contribution in [3.8, 4) is 0 Å². The van der Waals surface area contributed by atoms with Crippen LogP contribution in [0.3, 0.4) is 0 Å². The highest BCUT2D eigenvalue weighted by Gasteiger charge is 2.20. The highest BCUT2D eigenvalue weighted by atomic mass is 16.3. The molecule has 2 aliphatic rings. The predicted octanol–water partition coefficient (Wildman–Crippen LogP) is 3.10. The fraction of sp³-hybridized carbons (Fsp3) is 1.00. The van der Waals surface area contributed by atoms with E-state index < -0.39 is 0 Å². The van der Waals surface area contributed by atoms with Gasteiger partial charge in [0.05, 0.1) is 6.10 Å². The summed E-state index contributed by atoms with van der Waals surface area (Å²) >= 11 is 0. The maximum atomic E-state index is 9.64. The number of aliphatic hydroxyl groups excluding tert-OH is 1. The topological polar surface area (TPSA) is 32.3 Å². The summed E-state index contributed by atoms with van der Waals surface area (Å²) in [5, 5.41) is 13.3. The van der Waals surface area contributed by atoms with E-state index in [9.17, 15) is 5.11 Å². The van der Waals surface area contributed by atoms with E-state index >= 15 is 0 Å². The van der Waals surface area contributed by atoms with Crippen LogP contribution in [0.1, 0.15) is 64.2 Å². The molecule has 0 aromatic rings. The summed E-state index contributed by atoms with van der Waals surface area (Å²) in [4.78, 5) is 0. The standard InChI is InChI=1S/C15H29NO/c17-15-9-5-8-14(10-15)12-16-11-13-6-3-1-2-4-7-13/h13-17H,1-12H2. The lowest BCUT2D eigenvalue weighted by molar-refractivity contribution is 0.100. The Labute approximate surface area is 106 Å². The van der Waals surface area contributed by atoms with Crippen LogP contribution in [0.2, 0.25) is 0 Å². The Kier molecular flexibility index (Phi) is 5.79. The summed E-state index contributed by atoms with van der Waals surface area (Å²) in [6.07, 6.45) is 13.2. The molecule has 2 fully saturated rings. The summed E-state index contributed by atoms with van der Waals surface area (Å²) in [5.74, 6) is 1.65. The van der Waals surface area contributed by atoms with Gasteiger partial charge in [0.25, 0.3) is 0 Å². The normalized spacial score (nSPS) is 32.3. The van der Waals surface area contributed by atoms with Crippen LogP contribution in [0.5, 0.6) is 0 Å². The van der Waals surface area contributed by atoms with Gasteiger partial charge in [-0.15, -0.1) is 0 Å². The highest BCUT2D eigenvalue weighted by molar-refractivity contribution is 4.75. The van der Waals surface area contributed by atoms with Crippen molar-refractivity contribution < 1.29 is 5.11 Å². The Morgan fingerprint density at radius 3 is 2.12 bits per heavy atom. The summed E-state index contributed by atoms with van der Waals surface area (Å²) in [6.45, 7) is 2.35. The van der Waals surface area contributed by atoms with Crippen LogP contribution in [-0.2, 0) is 0 Å². The molecule has 0 bridgehead atoms. The van der Waals surface area contributed by atoms with E-state index in [0.29, 0.717) is 0 Å². The molecule has 17 heavy (non-hydrogen) atoms. The first-order valence-corrected chi connectivity index (χ1v) is 7.73. The molecule has 0 aliphatic heterocycles. The molecule has 0 saturated heterocycles. The molecule has 0 radical (unpaired) electrons. The first-order chi connectivity index (χ1) is 8.34. The molecule has 2 aliphatic carbocycles. The third-order valence-electron chi connectivity index (χ3n) is 4.60. The van der Waals surface area contributed by atoms with E-state index in [4.69, 9.17) is 0 Å². The van der Waals surface area contributed by atoms with E-state index in [1.165, 1.54) is 57.9 Å². The molecule has 0 amide bonds. The van der Waals surface area contributed by atoms with E-state index in [1.807, 2.05) is 0 Å². The van der Waals surface area contributed by atoms with Crippen molar-refractivity contribution in [3.05, 3.63) is 0 Å². The number of aliphatic hydroxyl groups is 1. The van der Waals surface area contributed by atoms with Gasteiger partial charge in [-0.3, -0.25) is 0 Å². The minimum atomic E-state index is -0.0200. The summed E-state index contributed by atoms with van der Waals surface area (Å²) in [5.41, 5.74) is 0. The first-order valence-electron chi connectivity index (χ1n) is 7.73. The zero-order chi connectivity index (χ0) is 11.9. The zero-order valence-electron chi connectivity index (χ0n) is 11.2. The quantitative estimate of drug-likeness (QED) is 0.739. The fourth-order valence-electron chi connectivity index (χ4n) is 3.51. The van der Waals surface area contributed by atoms with Gasteiger partial charge >= 0.3 is 0 Å². The molecule has 2 rings (SSSR count). The second-order valence-electron chi connectivity index (χ2n) is 6.20. The second-order valence-corrected chi connectivity index (χ2v) is 6.20. The molecule has 2 nitrogen and oxygen atoms in total. The maximum absolute atomic E-state index is 9.64. The van der Waals surface area contributed by atoms with Crippen molar-refractivity contribution in [3.63, 3.8) is 0 Å². The van der Waals surface area contributed by atoms with Gasteiger partial charge in [0.15, 0.2) is 0 Å². The number of rotatable bonds is 4. The van der Waals surface area contributed by atoms with E-state index in [1.54, 1.807) is 0 Å². The van der Waals surface area contributed by atoms with Crippen molar-refractivity contribution in [1.82, 2.24) is 5.32 Å². The Bertz CT molecular complexity index is 197. The van der Waals surface area contributed by atoms with Gasteiger partial charge in [-0.1, -0.05) is 32.1 Å². The monoisotopic (exact) mass is 239 g/mol. The van der Waals surface area contributed by atoms with Gasteiger partial charge < -0.3 is 10.4 Å². The first kappa shape index (κ1) is 13.4. The van der Waals surface area contributed by atoms with Gasteiger partial charge in [-0.05, 0) is 57.0 Å². The van der Waals surface area contributed by atoms with E-state index in [2.05, 4.69) is 5.32 Å². The molecule has 100 valence electrons. The maximum Gasteiger partial charge on any atom is 0.0543 e. The lowest BCUT2D eigenvalue weighted by atomic mass is 9.87. The molecule has 0 heterocycles. The SMILES string of the molecule is OC1CCCC(CNCC2CCCCCC2)C1. The molecule has 0 aromatic heterocycles. The molecular weight excluding hydrogens is 210 g/mol. The van der Waals surface area contributed by atoms with Crippen molar-refractivity contribution in [2.24, 2.45) is 11.8 Å². The van der Waals surface area contributed by atoms with Gasteiger partial charge in [0.2, 0.25) is 0 Å². The van der Waals surface area contributed by atoms with Gasteiger partial charge in [0, 0.05) is 0 Å². The lowest BCUT2D eigenvalue weighted by Gasteiger charge is -2.26. The number of nitrogens with one attached hydrogen (secondary N) is 1. The van der Waals surface area contributed by atoms with Crippen LogP contribution >= 0.6 is 0 Å². The van der Waals surface area contributed by atoms with E-state index in [-0.39, 0.29) is 6.10 Å². The molecule has 2 N–H and O–H groups in total. The summed E-state index contributed by atoms with van der Waals surface area (Å²) in [6, 6.07) is 0. The third-order valence-corrected chi connectivity index (χ3v) is 4.60. The predicted molar refractivity (Wildman–Crippen MR) is 72.0 cm³/mol. The molecule has 2 atom stereocenters. The molecule has 2 saturated carbocycles. The Morgan fingerprint density at radius 1 is 0.765 bits per heavy atom. The molecule has 2 heteroatoms. The fourth-order valence-corrected chi connectivity index (χ4v) is 3.51. The molecule has 2 unspecified atom stereocenters. The van der Waals surface area contributed by atoms with Crippen molar-refractivity contribution in [2.45, 2.75) is 70.3 Å². The van der Waals surface area contributed by atoms with Gasteiger partial charge in [-0.25, -0.2) is 0 Å². The summed E-state index contributed by atoms with van der Waals surface area (Å²) < 4.78 is 0. The lowest BCUT2D eigenvalue weighted by Crippen LogP contribution is -2.32. The Balaban J connectivity index is 1.58. The Hall–Kier alpha value is -0.0800. The highest BCUT2D eigenvalue weighted by Crippen LogP contribution is 2.24. The average Bonchev–Trinajstić information content (AvgIpc) is 2.58. The smallest absolute Gasteiger partial charge is 0.0543 e. The molecule has 0 aromatic carbocycles. The molecular formula is C15H29NO. The average molecular weight is 239 g/mol. The van der Waals surface area contributed by atoms with E-state index in [0.717, 1.165) is 31.2 Å². The van der Waals surface area contributed by atoms with Crippen LogP contribution in [0.25, 0.3) is 0 Å². The van der Waals surface area contributed by atoms with Crippen molar-refractivity contribution in [1.29, 1.82) is 0 Å². The van der Waals surface area contributed by atoms with Gasteiger partial charge in [-0.2, -0.15) is 0 Å². The third kappa shape index (κ3) is 4.97. The van der Waals surface area contributed by atoms with Crippen LogP contribution in [-0.4, -0.2) is 24.3 Å². The Morgan fingerprint density at radius 2 is 1.41 bits per heavy atom. The van der Waals surface area contributed by atoms with Crippen molar-refractivity contribution >= 4 is 0 Å². The number of hydrogen-bond acceptors (Lipinski definition) is 2. The van der Waals surface area contributed by atoms with Crippen LogP contribution in [0, 0.1) is 11.8 Å². The minimum Gasteiger partial charge on any atom is -0.393 e. The van der Waals surface area contributed by atoms with Crippen LogP contribution in [0.15, 0.2) is 0 Å². The number of hydrogen-bond donors (Lipinski definition) is 2. The largest absolute Gasteiger partial charge is 0.393 e. The second kappa shape index (κ2) is 7.38. The summed E-state index contributed by atoms with van der Waals surface area (Å²) in [7, 11) is 0. The molecule has 0 spiro atoms. The van der Waals surface area contributed by atoms with Crippen LogP contribution < -0.4 is 5.32 Å². The zero-order valence-corrected chi connectivity index (χ0v) is 11.2.